The zero-order chi connectivity index (χ0) is 15.1. The molecule has 1 atom stereocenters. The molecule has 110 valence electrons. The summed E-state index contributed by atoms with van der Waals surface area (Å²) in [5.74, 6) is -0.302. The van der Waals surface area contributed by atoms with Gasteiger partial charge in [0, 0.05) is 6.42 Å². The van der Waals surface area contributed by atoms with Gasteiger partial charge in [-0.25, -0.2) is 4.79 Å². The lowest BCUT2D eigenvalue weighted by atomic mass is 10.1. The van der Waals surface area contributed by atoms with E-state index in [2.05, 4.69) is 0 Å². The van der Waals surface area contributed by atoms with Crippen molar-refractivity contribution in [2.24, 2.45) is 0 Å². The molecule has 2 aromatic rings. The highest BCUT2D eigenvalue weighted by atomic mass is 16.5. The van der Waals surface area contributed by atoms with Crippen LogP contribution >= 0.6 is 0 Å². The molecule has 2 rings (SSSR count). The number of benzene rings is 2. The maximum Gasteiger partial charge on any atom is 0.333 e. The van der Waals surface area contributed by atoms with Crippen molar-refractivity contribution in [2.75, 3.05) is 7.11 Å². The third-order valence-electron chi connectivity index (χ3n) is 3.17. The topological polar surface area (TPSA) is 55.8 Å². The molecule has 0 heterocycles. The number of carboxylic acids is 1. The second kappa shape index (κ2) is 7.45. The number of carbonyl (C=O) groups is 1. The molecule has 0 amide bonds. The SMILES string of the molecule is COc1ccccc1C[C@H](OCc1ccccc1)C(=O)O. The van der Waals surface area contributed by atoms with E-state index in [1.165, 1.54) is 0 Å². The summed E-state index contributed by atoms with van der Waals surface area (Å²) >= 11 is 0. The Labute approximate surface area is 123 Å². The minimum atomic E-state index is -0.975. The predicted octanol–water partition coefficient (Wildman–Crippen LogP) is 2.91. The van der Waals surface area contributed by atoms with Crippen molar-refractivity contribution in [3.63, 3.8) is 0 Å². The Morgan fingerprint density at radius 2 is 1.76 bits per heavy atom. The Kier molecular flexibility index (Phi) is 5.35. The largest absolute Gasteiger partial charge is 0.496 e. The van der Waals surface area contributed by atoms with Gasteiger partial charge in [0.2, 0.25) is 0 Å². The summed E-state index contributed by atoms with van der Waals surface area (Å²) in [4.78, 5) is 11.4. The van der Waals surface area contributed by atoms with E-state index in [0.717, 1.165) is 11.1 Å². The first kappa shape index (κ1) is 15.1. The molecule has 0 aromatic heterocycles. The Morgan fingerprint density at radius 1 is 1.10 bits per heavy atom. The Morgan fingerprint density at radius 3 is 2.43 bits per heavy atom. The summed E-state index contributed by atoms with van der Waals surface area (Å²) in [6.07, 6.45) is -0.631. The molecule has 0 spiro atoms. The number of rotatable bonds is 7. The molecule has 0 radical (unpaired) electrons. The third-order valence-corrected chi connectivity index (χ3v) is 3.17. The second-order valence-electron chi connectivity index (χ2n) is 4.64. The summed E-state index contributed by atoms with van der Waals surface area (Å²) < 4.78 is 10.8. The van der Waals surface area contributed by atoms with Gasteiger partial charge in [-0.05, 0) is 17.2 Å². The number of aliphatic carboxylic acids is 1. The quantitative estimate of drug-likeness (QED) is 0.850. The predicted molar refractivity (Wildman–Crippen MR) is 79.4 cm³/mol. The van der Waals surface area contributed by atoms with Crippen molar-refractivity contribution in [2.45, 2.75) is 19.1 Å². The van der Waals surface area contributed by atoms with Crippen molar-refractivity contribution in [1.29, 1.82) is 0 Å². The van der Waals surface area contributed by atoms with Gasteiger partial charge in [-0.15, -0.1) is 0 Å². The number of ether oxygens (including phenoxy) is 2. The lowest BCUT2D eigenvalue weighted by Crippen LogP contribution is -2.26. The van der Waals surface area contributed by atoms with Crippen LogP contribution in [0.3, 0.4) is 0 Å². The summed E-state index contributed by atoms with van der Waals surface area (Å²) in [7, 11) is 1.57. The fourth-order valence-electron chi connectivity index (χ4n) is 2.06. The van der Waals surface area contributed by atoms with Crippen molar-refractivity contribution in [1.82, 2.24) is 0 Å². The van der Waals surface area contributed by atoms with Crippen LogP contribution in [-0.4, -0.2) is 24.3 Å². The maximum absolute atomic E-state index is 11.4. The first-order chi connectivity index (χ1) is 10.2. The molecule has 2 aromatic carbocycles. The van der Waals surface area contributed by atoms with Crippen molar-refractivity contribution in [3.05, 3.63) is 65.7 Å². The normalized spacial score (nSPS) is 11.9. The first-order valence-electron chi connectivity index (χ1n) is 6.71. The standard InChI is InChI=1S/C17H18O4/c1-20-15-10-6-5-9-14(15)11-16(17(18)19)21-12-13-7-3-2-4-8-13/h2-10,16H,11-12H2,1H3,(H,18,19)/t16-/m0/s1. The molecule has 0 unspecified atom stereocenters. The molecule has 4 nitrogen and oxygen atoms in total. The summed E-state index contributed by atoms with van der Waals surface area (Å²) in [5, 5.41) is 9.31. The van der Waals surface area contributed by atoms with Crippen LogP contribution in [-0.2, 0) is 22.6 Å². The second-order valence-corrected chi connectivity index (χ2v) is 4.64. The van der Waals surface area contributed by atoms with Crippen LogP contribution in [0.25, 0.3) is 0 Å². The molecule has 1 N–H and O–H groups in total. The molecule has 0 saturated carbocycles. The molecule has 0 aliphatic carbocycles. The van der Waals surface area contributed by atoms with Gasteiger partial charge in [0.1, 0.15) is 5.75 Å². The highest BCUT2D eigenvalue weighted by Gasteiger charge is 2.20. The highest BCUT2D eigenvalue weighted by molar-refractivity contribution is 5.73. The third kappa shape index (κ3) is 4.33. The van der Waals surface area contributed by atoms with E-state index in [0.29, 0.717) is 5.75 Å². The molecule has 21 heavy (non-hydrogen) atoms. The molecule has 0 bridgehead atoms. The van der Waals surface area contributed by atoms with E-state index in [1.54, 1.807) is 7.11 Å². The summed E-state index contributed by atoms with van der Waals surface area (Å²) in [6, 6.07) is 16.9. The maximum atomic E-state index is 11.4. The Balaban J connectivity index is 2.04. The van der Waals surface area contributed by atoms with Crippen LogP contribution in [0.5, 0.6) is 5.75 Å². The van der Waals surface area contributed by atoms with Gasteiger partial charge in [0.15, 0.2) is 6.10 Å². The zero-order valence-electron chi connectivity index (χ0n) is 11.9. The van der Waals surface area contributed by atoms with Crippen LogP contribution in [0.2, 0.25) is 0 Å². The van der Waals surface area contributed by atoms with Gasteiger partial charge in [-0.2, -0.15) is 0 Å². The highest BCUT2D eigenvalue weighted by Crippen LogP contribution is 2.20. The molecule has 0 fully saturated rings. The van der Waals surface area contributed by atoms with Crippen molar-refractivity contribution >= 4 is 5.97 Å². The van der Waals surface area contributed by atoms with Gasteiger partial charge >= 0.3 is 5.97 Å². The van der Waals surface area contributed by atoms with E-state index in [1.807, 2.05) is 54.6 Å². The molecular weight excluding hydrogens is 268 g/mol. The van der Waals surface area contributed by atoms with Gasteiger partial charge in [-0.1, -0.05) is 48.5 Å². The van der Waals surface area contributed by atoms with Crippen LogP contribution in [0.1, 0.15) is 11.1 Å². The number of hydrogen-bond donors (Lipinski definition) is 1. The van der Waals surface area contributed by atoms with Crippen LogP contribution in [0.4, 0.5) is 0 Å². The van der Waals surface area contributed by atoms with E-state index < -0.39 is 12.1 Å². The van der Waals surface area contributed by atoms with E-state index in [-0.39, 0.29) is 13.0 Å². The van der Waals surface area contributed by atoms with Crippen LogP contribution in [0.15, 0.2) is 54.6 Å². The van der Waals surface area contributed by atoms with Crippen LogP contribution < -0.4 is 4.74 Å². The Hall–Kier alpha value is -2.33. The number of hydrogen-bond acceptors (Lipinski definition) is 3. The molecule has 0 aliphatic rings. The van der Waals surface area contributed by atoms with Crippen molar-refractivity contribution < 1.29 is 19.4 Å². The number of carboxylic acid groups (broad SMARTS) is 1. The average Bonchev–Trinajstić information content (AvgIpc) is 2.52. The minimum absolute atomic E-state index is 0.270. The zero-order valence-corrected chi connectivity index (χ0v) is 11.9. The molecule has 0 aliphatic heterocycles. The lowest BCUT2D eigenvalue weighted by Gasteiger charge is -2.15. The van der Waals surface area contributed by atoms with Gasteiger partial charge in [0.25, 0.3) is 0 Å². The van der Waals surface area contributed by atoms with Gasteiger partial charge < -0.3 is 14.6 Å². The molecular formula is C17H18O4. The number of methoxy groups -OCH3 is 1. The lowest BCUT2D eigenvalue weighted by molar-refractivity contribution is -0.151. The van der Waals surface area contributed by atoms with Crippen molar-refractivity contribution in [3.8, 4) is 5.75 Å². The number of para-hydroxylation sites is 1. The van der Waals surface area contributed by atoms with E-state index in [9.17, 15) is 9.90 Å². The monoisotopic (exact) mass is 286 g/mol. The van der Waals surface area contributed by atoms with E-state index in [4.69, 9.17) is 9.47 Å². The molecule has 0 saturated heterocycles. The van der Waals surface area contributed by atoms with Crippen LogP contribution in [0, 0.1) is 0 Å². The average molecular weight is 286 g/mol. The fourth-order valence-corrected chi connectivity index (χ4v) is 2.06. The van der Waals surface area contributed by atoms with Gasteiger partial charge in [-0.3, -0.25) is 0 Å². The minimum Gasteiger partial charge on any atom is -0.496 e. The van der Waals surface area contributed by atoms with Gasteiger partial charge in [0.05, 0.1) is 13.7 Å². The molecule has 4 heteroatoms. The Bertz CT molecular complexity index is 580. The fraction of sp³-hybridized carbons (Fsp3) is 0.235. The van der Waals surface area contributed by atoms with E-state index >= 15 is 0 Å². The summed E-state index contributed by atoms with van der Waals surface area (Å²) in [6.45, 7) is 0.271. The summed E-state index contributed by atoms with van der Waals surface area (Å²) in [5.41, 5.74) is 1.77. The smallest absolute Gasteiger partial charge is 0.333 e. The first-order valence-corrected chi connectivity index (χ1v) is 6.71.